The number of hydrogen-bond donors (Lipinski definition) is 1. The number of benzene rings is 1. The largest absolute Gasteiger partial charge is 0.467 e. The Hall–Kier alpha value is -1.56. The van der Waals surface area contributed by atoms with Crippen LogP contribution in [0.1, 0.15) is 32.1 Å². The molecule has 1 amide bonds. The summed E-state index contributed by atoms with van der Waals surface area (Å²) in [7, 11) is 1.33. The van der Waals surface area contributed by atoms with Gasteiger partial charge in [-0.05, 0) is 25.0 Å². The smallest absolute Gasteiger partial charge is 0.331 e. The summed E-state index contributed by atoms with van der Waals surface area (Å²) in [4.78, 5) is 24.6. The minimum absolute atomic E-state index is 0.0691. The number of halogens is 1. The van der Waals surface area contributed by atoms with Crippen LogP contribution < -0.4 is 5.32 Å². The Labute approximate surface area is 133 Å². The third-order valence-corrected chi connectivity index (χ3v) is 4.91. The molecular weight excluding hydrogens is 305 g/mol. The second-order valence-corrected chi connectivity index (χ2v) is 6.42. The molecule has 1 aromatic carbocycles. The van der Waals surface area contributed by atoms with Gasteiger partial charge in [0, 0.05) is 4.90 Å². The lowest BCUT2D eigenvalue weighted by Crippen LogP contribution is -2.56. The van der Waals surface area contributed by atoms with E-state index < -0.39 is 11.5 Å². The molecule has 0 aliphatic heterocycles. The van der Waals surface area contributed by atoms with E-state index in [2.05, 4.69) is 5.32 Å². The van der Waals surface area contributed by atoms with Gasteiger partial charge in [0.15, 0.2) is 0 Å². The SMILES string of the molecule is COC(=O)C1(NC(=O)CSc2ccccc2F)CCCCC1. The van der Waals surface area contributed by atoms with Gasteiger partial charge in [-0.25, -0.2) is 9.18 Å². The zero-order valence-corrected chi connectivity index (χ0v) is 13.4. The van der Waals surface area contributed by atoms with Crippen LogP contribution in [0.2, 0.25) is 0 Å². The average molecular weight is 325 g/mol. The van der Waals surface area contributed by atoms with Crippen molar-refractivity contribution >= 4 is 23.6 Å². The number of nitrogens with one attached hydrogen (secondary N) is 1. The molecule has 1 fully saturated rings. The molecule has 1 aliphatic rings. The van der Waals surface area contributed by atoms with Crippen molar-refractivity contribution in [1.82, 2.24) is 5.32 Å². The summed E-state index contributed by atoms with van der Waals surface area (Å²) in [6, 6.07) is 6.31. The fourth-order valence-corrected chi connectivity index (χ4v) is 3.48. The quantitative estimate of drug-likeness (QED) is 0.668. The Bertz CT molecular complexity index is 544. The van der Waals surface area contributed by atoms with Crippen molar-refractivity contribution in [2.75, 3.05) is 12.9 Å². The Morgan fingerprint density at radius 1 is 1.27 bits per heavy atom. The molecule has 0 spiro atoms. The molecule has 0 bridgehead atoms. The first-order valence-corrected chi connectivity index (χ1v) is 8.33. The van der Waals surface area contributed by atoms with E-state index in [9.17, 15) is 14.0 Å². The number of ether oxygens (including phenoxy) is 1. The summed E-state index contributed by atoms with van der Waals surface area (Å²) in [5.74, 6) is -0.947. The van der Waals surface area contributed by atoms with Gasteiger partial charge in [0.25, 0.3) is 0 Å². The first-order chi connectivity index (χ1) is 10.6. The van der Waals surface area contributed by atoms with Crippen molar-refractivity contribution in [1.29, 1.82) is 0 Å². The van der Waals surface area contributed by atoms with Crippen LogP contribution in [0.25, 0.3) is 0 Å². The fourth-order valence-electron chi connectivity index (χ4n) is 2.74. The molecule has 1 aromatic rings. The monoisotopic (exact) mass is 325 g/mol. The Balaban J connectivity index is 1.97. The number of hydrogen-bond acceptors (Lipinski definition) is 4. The van der Waals surface area contributed by atoms with Gasteiger partial charge in [0.05, 0.1) is 12.9 Å². The molecule has 0 saturated heterocycles. The maximum atomic E-state index is 13.5. The maximum Gasteiger partial charge on any atom is 0.331 e. The number of methoxy groups -OCH3 is 1. The molecule has 0 unspecified atom stereocenters. The molecule has 120 valence electrons. The van der Waals surface area contributed by atoms with Gasteiger partial charge < -0.3 is 10.1 Å². The molecule has 1 N–H and O–H groups in total. The van der Waals surface area contributed by atoms with Gasteiger partial charge in [0.2, 0.25) is 5.91 Å². The second-order valence-electron chi connectivity index (χ2n) is 5.40. The van der Waals surface area contributed by atoms with Gasteiger partial charge in [-0.2, -0.15) is 0 Å². The minimum Gasteiger partial charge on any atom is -0.467 e. The van der Waals surface area contributed by atoms with E-state index in [0.717, 1.165) is 31.0 Å². The van der Waals surface area contributed by atoms with Crippen molar-refractivity contribution in [2.45, 2.75) is 42.5 Å². The predicted octanol–water partition coefficient (Wildman–Crippen LogP) is 2.91. The van der Waals surface area contributed by atoms with Crippen molar-refractivity contribution in [3.05, 3.63) is 30.1 Å². The van der Waals surface area contributed by atoms with Crippen LogP contribution in [-0.4, -0.2) is 30.3 Å². The third kappa shape index (κ3) is 4.00. The molecule has 6 heteroatoms. The number of carbonyl (C=O) groups excluding carboxylic acids is 2. The van der Waals surface area contributed by atoms with Gasteiger partial charge in [-0.1, -0.05) is 31.4 Å². The number of rotatable bonds is 5. The third-order valence-electron chi connectivity index (χ3n) is 3.86. The van der Waals surface area contributed by atoms with Gasteiger partial charge in [-0.3, -0.25) is 4.79 Å². The zero-order valence-electron chi connectivity index (χ0n) is 12.6. The van der Waals surface area contributed by atoms with E-state index in [1.165, 1.54) is 13.2 Å². The maximum absolute atomic E-state index is 13.5. The van der Waals surface area contributed by atoms with Gasteiger partial charge in [0.1, 0.15) is 11.4 Å². The van der Waals surface area contributed by atoms with E-state index in [-0.39, 0.29) is 17.5 Å². The van der Waals surface area contributed by atoms with Gasteiger partial charge >= 0.3 is 5.97 Å². The molecule has 22 heavy (non-hydrogen) atoms. The first kappa shape index (κ1) is 16.8. The topological polar surface area (TPSA) is 55.4 Å². The van der Waals surface area contributed by atoms with E-state index in [4.69, 9.17) is 4.74 Å². The molecule has 0 aromatic heterocycles. The van der Waals surface area contributed by atoms with E-state index >= 15 is 0 Å². The lowest BCUT2D eigenvalue weighted by atomic mass is 9.81. The molecule has 1 saturated carbocycles. The highest BCUT2D eigenvalue weighted by Gasteiger charge is 2.41. The van der Waals surface area contributed by atoms with Crippen LogP contribution in [0.3, 0.4) is 0 Å². The van der Waals surface area contributed by atoms with Gasteiger partial charge in [-0.15, -0.1) is 11.8 Å². The number of thioether (sulfide) groups is 1. The molecule has 0 heterocycles. The van der Waals surface area contributed by atoms with Crippen molar-refractivity contribution in [3.63, 3.8) is 0 Å². The van der Waals surface area contributed by atoms with Crippen LogP contribution in [-0.2, 0) is 14.3 Å². The standard InChI is InChI=1S/C16H20FNO3S/c1-21-15(20)16(9-5-2-6-10-16)18-14(19)11-22-13-8-4-3-7-12(13)17/h3-4,7-8H,2,5-6,9-11H2,1H3,(H,18,19). The number of esters is 1. The molecule has 0 radical (unpaired) electrons. The summed E-state index contributed by atoms with van der Waals surface area (Å²) >= 11 is 1.12. The van der Waals surface area contributed by atoms with E-state index in [1.54, 1.807) is 18.2 Å². The highest BCUT2D eigenvalue weighted by molar-refractivity contribution is 8.00. The summed E-state index contributed by atoms with van der Waals surface area (Å²) in [5.41, 5.74) is -0.917. The van der Waals surface area contributed by atoms with Crippen molar-refractivity contribution in [3.8, 4) is 0 Å². The number of amides is 1. The molecule has 0 atom stereocenters. The lowest BCUT2D eigenvalue weighted by Gasteiger charge is -2.35. The Kier molecular flexibility index (Phi) is 5.83. The molecular formula is C16H20FNO3S. The lowest BCUT2D eigenvalue weighted by molar-refractivity contribution is -0.152. The molecule has 2 rings (SSSR count). The van der Waals surface area contributed by atoms with Crippen LogP contribution in [0.5, 0.6) is 0 Å². The van der Waals surface area contributed by atoms with E-state index in [1.807, 2.05) is 0 Å². The molecule has 4 nitrogen and oxygen atoms in total. The fraction of sp³-hybridized carbons (Fsp3) is 0.500. The summed E-state index contributed by atoms with van der Waals surface area (Å²) in [5, 5.41) is 2.82. The Morgan fingerprint density at radius 3 is 2.59 bits per heavy atom. The zero-order chi connectivity index (χ0) is 16.0. The second kappa shape index (κ2) is 7.63. The highest BCUT2D eigenvalue weighted by Crippen LogP contribution is 2.30. The number of carbonyl (C=O) groups is 2. The van der Waals surface area contributed by atoms with Crippen molar-refractivity contribution in [2.24, 2.45) is 0 Å². The summed E-state index contributed by atoms with van der Waals surface area (Å²) < 4.78 is 18.4. The molecule has 1 aliphatic carbocycles. The highest BCUT2D eigenvalue weighted by atomic mass is 32.2. The predicted molar refractivity (Wildman–Crippen MR) is 83.1 cm³/mol. The average Bonchev–Trinajstić information content (AvgIpc) is 2.54. The van der Waals surface area contributed by atoms with Crippen LogP contribution in [0.4, 0.5) is 4.39 Å². The Morgan fingerprint density at radius 2 is 1.95 bits per heavy atom. The minimum atomic E-state index is -0.917. The summed E-state index contributed by atoms with van der Waals surface area (Å²) in [6.45, 7) is 0. The normalized spacial score (nSPS) is 16.8. The van der Waals surface area contributed by atoms with Crippen LogP contribution in [0, 0.1) is 5.82 Å². The first-order valence-electron chi connectivity index (χ1n) is 7.34. The van der Waals surface area contributed by atoms with Crippen molar-refractivity contribution < 1.29 is 18.7 Å². The van der Waals surface area contributed by atoms with Crippen LogP contribution in [0.15, 0.2) is 29.2 Å². The van der Waals surface area contributed by atoms with Crippen LogP contribution >= 0.6 is 11.8 Å². The summed E-state index contributed by atoms with van der Waals surface area (Å²) in [6.07, 6.45) is 4.01. The van der Waals surface area contributed by atoms with E-state index in [0.29, 0.717) is 17.7 Å².